The first-order valence-corrected chi connectivity index (χ1v) is 9.86. The van der Waals surface area contributed by atoms with E-state index in [-0.39, 0.29) is 11.5 Å². The highest BCUT2D eigenvalue weighted by molar-refractivity contribution is 5.86. The number of likely N-dealkylation sites (tertiary alicyclic amines) is 1. The molecule has 1 aliphatic carbocycles. The highest BCUT2D eigenvalue weighted by Crippen LogP contribution is 2.43. The molecule has 3 aliphatic rings. The standard InChI is InChI=1S/C21H27N3O2/c22-14-16-3-1-4-18(13-16)23-11-2-9-21(15-23)10-12-24(20(21)26)17-5-7-19(25)8-6-17/h1,3-4,13,17,19,25H,2,5-12,15H2/t17-,19-,21?. The molecule has 0 radical (unpaired) electrons. The van der Waals surface area contributed by atoms with Crippen molar-refractivity contribution in [3.63, 3.8) is 0 Å². The predicted molar refractivity (Wildman–Crippen MR) is 99.6 cm³/mol. The average molecular weight is 353 g/mol. The molecule has 1 amide bonds. The lowest BCUT2D eigenvalue weighted by Gasteiger charge is -2.41. The van der Waals surface area contributed by atoms with Crippen LogP contribution in [0.3, 0.4) is 0 Å². The highest BCUT2D eigenvalue weighted by atomic mass is 16.3. The lowest BCUT2D eigenvalue weighted by Crippen LogP contribution is -2.50. The minimum absolute atomic E-state index is 0.185. The Labute approximate surface area is 155 Å². The number of aliphatic hydroxyl groups is 1. The summed E-state index contributed by atoms with van der Waals surface area (Å²) in [6.45, 7) is 2.55. The van der Waals surface area contributed by atoms with Gasteiger partial charge >= 0.3 is 0 Å². The van der Waals surface area contributed by atoms with Crippen molar-refractivity contribution in [2.24, 2.45) is 5.41 Å². The molecule has 0 bridgehead atoms. The van der Waals surface area contributed by atoms with Gasteiger partial charge in [0.1, 0.15) is 0 Å². The highest BCUT2D eigenvalue weighted by Gasteiger charge is 2.50. The van der Waals surface area contributed by atoms with Crippen molar-refractivity contribution < 1.29 is 9.90 Å². The summed E-state index contributed by atoms with van der Waals surface area (Å²) in [6.07, 6.45) is 6.21. The van der Waals surface area contributed by atoms with Crippen molar-refractivity contribution in [3.05, 3.63) is 29.8 Å². The zero-order chi connectivity index (χ0) is 18.1. The van der Waals surface area contributed by atoms with E-state index in [2.05, 4.69) is 15.9 Å². The fraction of sp³-hybridized carbons (Fsp3) is 0.619. The third-order valence-corrected chi connectivity index (χ3v) is 6.57. The number of hydrogen-bond donors (Lipinski definition) is 1. The van der Waals surface area contributed by atoms with Crippen LogP contribution in [0.15, 0.2) is 24.3 Å². The first kappa shape index (κ1) is 17.4. The Bertz CT molecular complexity index is 720. The van der Waals surface area contributed by atoms with Crippen molar-refractivity contribution in [1.29, 1.82) is 5.26 Å². The molecule has 2 saturated heterocycles. The minimum Gasteiger partial charge on any atom is -0.393 e. The number of carbonyl (C=O) groups excluding carboxylic acids is 1. The van der Waals surface area contributed by atoms with Crippen molar-refractivity contribution >= 4 is 11.6 Å². The molecule has 5 heteroatoms. The second-order valence-corrected chi connectivity index (χ2v) is 8.18. The lowest BCUT2D eigenvalue weighted by atomic mass is 9.78. The van der Waals surface area contributed by atoms with Crippen LogP contribution in [0.25, 0.3) is 0 Å². The number of hydrogen-bond acceptors (Lipinski definition) is 4. The van der Waals surface area contributed by atoms with Crippen molar-refractivity contribution in [1.82, 2.24) is 4.90 Å². The topological polar surface area (TPSA) is 67.6 Å². The maximum atomic E-state index is 13.3. The number of amides is 1. The molecule has 1 unspecified atom stereocenters. The maximum absolute atomic E-state index is 13.3. The van der Waals surface area contributed by atoms with Crippen LogP contribution in [-0.2, 0) is 4.79 Å². The van der Waals surface area contributed by atoms with E-state index in [0.717, 1.165) is 70.3 Å². The molecule has 26 heavy (non-hydrogen) atoms. The number of benzene rings is 1. The lowest BCUT2D eigenvalue weighted by molar-refractivity contribution is -0.139. The van der Waals surface area contributed by atoms with Crippen molar-refractivity contribution in [2.45, 2.75) is 57.1 Å². The number of aliphatic hydroxyl groups excluding tert-OH is 1. The second kappa shape index (κ2) is 6.92. The Morgan fingerprint density at radius 2 is 1.96 bits per heavy atom. The largest absolute Gasteiger partial charge is 0.393 e. The van der Waals surface area contributed by atoms with Crippen LogP contribution < -0.4 is 4.90 Å². The number of piperidine rings is 1. The van der Waals surface area contributed by atoms with E-state index in [1.165, 1.54) is 0 Å². The summed E-state index contributed by atoms with van der Waals surface area (Å²) in [5.41, 5.74) is 1.45. The minimum atomic E-state index is -0.267. The van der Waals surface area contributed by atoms with Crippen LogP contribution in [0.2, 0.25) is 0 Å². The zero-order valence-corrected chi connectivity index (χ0v) is 15.2. The van der Waals surface area contributed by atoms with Gasteiger partial charge in [-0.3, -0.25) is 4.79 Å². The van der Waals surface area contributed by atoms with Gasteiger partial charge in [0.15, 0.2) is 0 Å². The van der Waals surface area contributed by atoms with Crippen LogP contribution in [0.4, 0.5) is 5.69 Å². The van der Waals surface area contributed by atoms with Gasteiger partial charge in [0.2, 0.25) is 5.91 Å². The molecule has 1 aromatic carbocycles. The third-order valence-electron chi connectivity index (χ3n) is 6.57. The summed E-state index contributed by atoms with van der Waals surface area (Å²) >= 11 is 0. The number of rotatable bonds is 2. The molecule has 2 aliphatic heterocycles. The maximum Gasteiger partial charge on any atom is 0.230 e. The van der Waals surface area contributed by atoms with Gasteiger partial charge in [-0.05, 0) is 63.1 Å². The fourth-order valence-corrected chi connectivity index (χ4v) is 5.07. The number of carbonyl (C=O) groups is 1. The molecule has 0 aromatic heterocycles. The summed E-state index contributed by atoms with van der Waals surface area (Å²) in [7, 11) is 0. The molecule has 5 nitrogen and oxygen atoms in total. The molecule has 1 aromatic rings. The summed E-state index contributed by atoms with van der Waals surface area (Å²) in [6, 6.07) is 10.2. The van der Waals surface area contributed by atoms with Crippen LogP contribution >= 0.6 is 0 Å². The Morgan fingerprint density at radius 1 is 1.15 bits per heavy atom. The fourth-order valence-electron chi connectivity index (χ4n) is 5.07. The van der Waals surface area contributed by atoms with Gasteiger partial charge in [0.25, 0.3) is 0 Å². The molecule has 1 saturated carbocycles. The van der Waals surface area contributed by atoms with Gasteiger partial charge in [-0.1, -0.05) is 6.07 Å². The van der Waals surface area contributed by atoms with Crippen molar-refractivity contribution in [2.75, 3.05) is 24.5 Å². The Morgan fingerprint density at radius 3 is 2.73 bits per heavy atom. The molecule has 1 spiro atoms. The second-order valence-electron chi connectivity index (χ2n) is 8.18. The van der Waals surface area contributed by atoms with Gasteiger partial charge in [0, 0.05) is 31.4 Å². The van der Waals surface area contributed by atoms with Gasteiger partial charge < -0.3 is 14.9 Å². The van der Waals surface area contributed by atoms with E-state index in [0.29, 0.717) is 17.5 Å². The van der Waals surface area contributed by atoms with Crippen molar-refractivity contribution in [3.8, 4) is 6.07 Å². The van der Waals surface area contributed by atoms with E-state index in [1.807, 2.05) is 24.3 Å². The Balaban J connectivity index is 1.50. The normalized spacial score (nSPS) is 32.1. The number of nitriles is 1. The van der Waals surface area contributed by atoms with E-state index in [4.69, 9.17) is 5.26 Å². The van der Waals surface area contributed by atoms with E-state index in [9.17, 15) is 9.90 Å². The zero-order valence-electron chi connectivity index (χ0n) is 15.2. The van der Waals surface area contributed by atoms with Gasteiger partial charge in [-0.25, -0.2) is 0 Å². The summed E-state index contributed by atoms with van der Waals surface area (Å²) < 4.78 is 0. The van der Waals surface area contributed by atoms with Gasteiger partial charge in [0.05, 0.1) is 23.2 Å². The van der Waals surface area contributed by atoms with Crippen LogP contribution in [0.1, 0.15) is 50.5 Å². The van der Waals surface area contributed by atoms with E-state index in [1.54, 1.807) is 0 Å². The molecule has 2 heterocycles. The van der Waals surface area contributed by atoms with Crippen LogP contribution in [0.5, 0.6) is 0 Å². The Hall–Kier alpha value is -2.06. The SMILES string of the molecule is N#Cc1cccc(N2CCCC3(CCN([C@H]4CC[C@H](O)CC4)C3=O)C2)c1. The number of anilines is 1. The van der Waals surface area contributed by atoms with E-state index < -0.39 is 0 Å². The molecule has 138 valence electrons. The molecule has 4 rings (SSSR count). The summed E-state index contributed by atoms with van der Waals surface area (Å²) in [5.74, 6) is 0.319. The first-order valence-electron chi connectivity index (χ1n) is 9.86. The van der Waals surface area contributed by atoms with E-state index >= 15 is 0 Å². The molecule has 1 N–H and O–H groups in total. The monoisotopic (exact) mass is 353 g/mol. The summed E-state index contributed by atoms with van der Waals surface area (Å²) in [5, 5.41) is 18.9. The number of nitrogens with zero attached hydrogens (tertiary/aromatic N) is 3. The quantitative estimate of drug-likeness (QED) is 0.888. The molecular formula is C21H27N3O2. The average Bonchev–Trinajstić information content (AvgIpc) is 2.98. The van der Waals surface area contributed by atoms with Crippen LogP contribution in [-0.4, -0.2) is 47.7 Å². The van der Waals surface area contributed by atoms with Gasteiger partial charge in [-0.2, -0.15) is 5.26 Å². The Kier molecular flexibility index (Phi) is 4.62. The van der Waals surface area contributed by atoms with Gasteiger partial charge in [-0.15, -0.1) is 0 Å². The third kappa shape index (κ3) is 3.07. The molecule has 1 atom stereocenters. The smallest absolute Gasteiger partial charge is 0.230 e. The molecular weight excluding hydrogens is 326 g/mol. The van der Waals surface area contributed by atoms with Crippen LogP contribution in [0, 0.1) is 16.7 Å². The summed E-state index contributed by atoms with van der Waals surface area (Å²) in [4.78, 5) is 17.7. The predicted octanol–water partition coefficient (Wildman–Crippen LogP) is 2.68. The first-order chi connectivity index (χ1) is 12.6. The molecule has 3 fully saturated rings.